The van der Waals surface area contributed by atoms with E-state index in [-0.39, 0.29) is 24.4 Å². The van der Waals surface area contributed by atoms with E-state index in [0.29, 0.717) is 35.9 Å². The molecule has 0 radical (unpaired) electrons. The molecule has 2 atom stereocenters. The second-order valence-corrected chi connectivity index (χ2v) is 7.75. The van der Waals surface area contributed by atoms with Gasteiger partial charge in [0, 0.05) is 19.3 Å². The van der Waals surface area contributed by atoms with Crippen LogP contribution in [-0.2, 0) is 5.41 Å². The molecule has 152 valence electrons. The maximum atomic E-state index is 13.5. The molecule has 1 aliphatic carbocycles. The molecule has 4 heterocycles. The first-order chi connectivity index (χ1) is 13.9. The average molecular weight is 403 g/mol. The summed E-state index contributed by atoms with van der Waals surface area (Å²) in [5.74, 6) is 0.593. The summed E-state index contributed by atoms with van der Waals surface area (Å²) in [6, 6.07) is 8.40. The number of halogens is 3. The number of fused-ring (bicyclic) bond motifs is 1. The summed E-state index contributed by atoms with van der Waals surface area (Å²) in [5.41, 5.74) is 0.291. The van der Waals surface area contributed by atoms with Crippen molar-refractivity contribution >= 4 is 11.5 Å². The quantitative estimate of drug-likeness (QED) is 0.625. The summed E-state index contributed by atoms with van der Waals surface area (Å²) in [5, 5.41) is 16.3. The number of aromatic nitrogens is 3. The highest BCUT2D eigenvalue weighted by Crippen LogP contribution is 2.58. The van der Waals surface area contributed by atoms with E-state index in [1.807, 2.05) is 6.07 Å². The highest BCUT2D eigenvalue weighted by atomic mass is 19.4. The SMILES string of the molecule is OC1CNCC1Nc1cccc(-c2cnc3ccc(C4(C(F)(F)F)CC4)cn23)n1. The number of hydrogen-bond acceptors (Lipinski definition) is 5. The molecule has 3 aromatic heterocycles. The van der Waals surface area contributed by atoms with Crippen molar-refractivity contribution in [2.45, 2.75) is 36.6 Å². The topological polar surface area (TPSA) is 74.5 Å². The molecular weight excluding hydrogens is 383 g/mol. The lowest BCUT2D eigenvalue weighted by atomic mass is 9.97. The lowest BCUT2D eigenvalue weighted by Gasteiger charge is -2.20. The predicted molar refractivity (Wildman–Crippen MR) is 102 cm³/mol. The minimum absolute atomic E-state index is 0.113. The Hall–Kier alpha value is -2.65. The molecule has 5 rings (SSSR count). The summed E-state index contributed by atoms with van der Waals surface area (Å²) in [4.78, 5) is 8.90. The first-order valence-corrected chi connectivity index (χ1v) is 9.54. The number of hydrogen-bond donors (Lipinski definition) is 3. The van der Waals surface area contributed by atoms with Gasteiger partial charge in [-0.25, -0.2) is 9.97 Å². The van der Waals surface area contributed by atoms with Gasteiger partial charge < -0.3 is 15.7 Å². The van der Waals surface area contributed by atoms with E-state index in [1.54, 1.807) is 28.8 Å². The van der Waals surface area contributed by atoms with Gasteiger partial charge in [-0.05, 0) is 36.6 Å². The number of aliphatic hydroxyl groups is 1. The van der Waals surface area contributed by atoms with Crippen molar-refractivity contribution in [2.24, 2.45) is 0 Å². The van der Waals surface area contributed by atoms with Crippen LogP contribution in [0.2, 0.25) is 0 Å². The Morgan fingerprint density at radius 3 is 2.69 bits per heavy atom. The average Bonchev–Trinajstić information content (AvgIpc) is 3.28. The highest BCUT2D eigenvalue weighted by Gasteiger charge is 2.64. The Bertz CT molecular complexity index is 1060. The van der Waals surface area contributed by atoms with Gasteiger partial charge in [-0.3, -0.25) is 4.40 Å². The number of nitrogens with zero attached hydrogens (tertiary/aromatic N) is 3. The van der Waals surface area contributed by atoms with E-state index in [4.69, 9.17) is 0 Å². The summed E-state index contributed by atoms with van der Waals surface area (Å²) < 4.78 is 42.3. The summed E-state index contributed by atoms with van der Waals surface area (Å²) in [6.45, 7) is 1.15. The van der Waals surface area contributed by atoms with Gasteiger partial charge in [0.15, 0.2) is 0 Å². The normalized spacial score (nSPS) is 23.4. The Morgan fingerprint density at radius 2 is 2.00 bits per heavy atom. The van der Waals surface area contributed by atoms with Gasteiger partial charge in [-0.15, -0.1) is 0 Å². The summed E-state index contributed by atoms with van der Waals surface area (Å²) >= 11 is 0. The summed E-state index contributed by atoms with van der Waals surface area (Å²) in [6.07, 6.45) is -1.40. The van der Waals surface area contributed by atoms with E-state index >= 15 is 0 Å². The molecule has 1 aliphatic heterocycles. The van der Waals surface area contributed by atoms with E-state index in [2.05, 4.69) is 20.6 Å². The maximum Gasteiger partial charge on any atom is 0.398 e. The molecule has 2 aliphatic rings. The Morgan fingerprint density at radius 1 is 1.17 bits per heavy atom. The lowest BCUT2D eigenvalue weighted by Crippen LogP contribution is -2.32. The smallest absolute Gasteiger partial charge is 0.390 e. The van der Waals surface area contributed by atoms with Crippen molar-refractivity contribution in [2.75, 3.05) is 18.4 Å². The Kier molecular flexibility index (Phi) is 4.08. The van der Waals surface area contributed by atoms with Crippen molar-refractivity contribution in [1.29, 1.82) is 0 Å². The number of rotatable bonds is 4. The van der Waals surface area contributed by atoms with Crippen LogP contribution in [0.25, 0.3) is 17.0 Å². The van der Waals surface area contributed by atoms with E-state index in [9.17, 15) is 18.3 Å². The lowest BCUT2D eigenvalue weighted by molar-refractivity contribution is -0.160. The third-order valence-corrected chi connectivity index (χ3v) is 5.88. The number of imidazole rings is 1. The van der Waals surface area contributed by atoms with Crippen molar-refractivity contribution in [1.82, 2.24) is 19.7 Å². The molecule has 3 N–H and O–H groups in total. The fourth-order valence-corrected chi connectivity index (χ4v) is 3.97. The fourth-order valence-electron chi connectivity index (χ4n) is 3.97. The Balaban J connectivity index is 1.51. The first-order valence-electron chi connectivity index (χ1n) is 9.54. The van der Waals surface area contributed by atoms with Gasteiger partial charge in [-0.2, -0.15) is 13.2 Å². The number of anilines is 1. The van der Waals surface area contributed by atoms with Crippen LogP contribution >= 0.6 is 0 Å². The van der Waals surface area contributed by atoms with E-state index in [1.165, 1.54) is 12.3 Å². The number of aliphatic hydroxyl groups excluding tert-OH is 1. The van der Waals surface area contributed by atoms with Crippen LogP contribution in [0, 0.1) is 0 Å². The van der Waals surface area contributed by atoms with Gasteiger partial charge in [0.1, 0.15) is 11.5 Å². The second-order valence-electron chi connectivity index (χ2n) is 7.75. The van der Waals surface area contributed by atoms with Gasteiger partial charge in [0.25, 0.3) is 0 Å². The molecular formula is C20H20F3N5O. The van der Waals surface area contributed by atoms with Gasteiger partial charge in [-0.1, -0.05) is 12.1 Å². The minimum atomic E-state index is -4.26. The zero-order chi connectivity index (χ0) is 20.2. The molecule has 1 saturated carbocycles. The Labute approximate surface area is 164 Å². The zero-order valence-electron chi connectivity index (χ0n) is 15.4. The van der Waals surface area contributed by atoms with Gasteiger partial charge in [0.2, 0.25) is 0 Å². The van der Waals surface area contributed by atoms with Crippen molar-refractivity contribution in [3.8, 4) is 11.4 Å². The molecule has 1 saturated heterocycles. The molecule has 9 heteroatoms. The minimum Gasteiger partial charge on any atom is -0.390 e. The van der Waals surface area contributed by atoms with E-state index < -0.39 is 17.7 Å². The molecule has 0 bridgehead atoms. The molecule has 29 heavy (non-hydrogen) atoms. The maximum absolute atomic E-state index is 13.5. The highest BCUT2D eigenvalue weighted by molar-refractivity contribution is 5.62. The predicted octanol–water partition coefficient (Wildman–Crippen LogP) is 2.73. The van der Waals surface area contributed by atoms with Gasteiger partial charge >= 0.3 is 6.18 Å². The van der Waals surface area contributed by atoms with Crippen LogP contribution in [-0.4, -0.2) is 50.9 Å². The van der Waals surface area contributed by atoms with Crippen LogP contribution in [0.1, 0.15) is 18.4 Å². The van der Waals surface area contributed by atoms with Crippen LogP contribution in [0.5, 0.6) is 0 Å². The molecule has 0 spiro atoms. The number of pyridine rings is 2. The van der Waals surface area contributed by atoms with Crippen LogP contribution in [0.4, 0.5) is 19.0 Å². The fraction of sp³-hybridized carbons (Fsp3) is 0.400. The van der Waals surface area contributed by atoms with Gasteiger partial charge in [0.05, 0.1) is 35.1 Å². The van der Waals surface area contributed by atoms with Crippen molar-refractivity contribution in [3.63, 3.8) is 0 Å². The monoisotopic (exact) mass is 403 g/mol. The third-order valence-electron chi connectivity index (χ3n) is 5.88. The molecule has 2 unspecified atom stereocenters. The molecule has 3 aromatic rings. The van der Waals surface area contributed by atoms with Crippen LogP contribution in [0.15, 0.2) is 42.7 Å². The standard InChI is InChI=1S/C20H20F3N5O/c21-20(22,23)19(6-7-19)12-4-5-18-25-9-15(28(18)11-12)13-2-1-3-17(26-13)27-14-8-24-10-16(14)29/h1-5,9,11,14,16,24,29H,6-8,10H2,(H,26,27). The molecule has 6 nitrogen and oxygen atoms in total. The number of alkyl halides is 3. The molecule has 2 fully saturated rings. The summed E-state index contributed by atoms with van der Waals surface area (Å²) in [7, 11) is 0. The largest absolute Gasteiger partial charge is 0.398 e. The number of β-amino-alcohol motifs (C(OH)–C–C–N with tert-alkyl or cyclic N) is 1. The van der Waals surface area contributed by atoms with Crippen LogP contribution in [0.3, 0.4) is 0 Å². The second kappa shape index (κ2) is 6.43. The van der Waals surface area contributed by atoms with Crippen molar-refractivity contribution in [3.05, 3.63) is 48.3 Å². The van der Waals surface area contributed by atoms with E-state index in [0.717, 1.165) is 0 Å². The van der Waals surface area contributed by atoms with Crippen LogP contribution < -0.4 is 10.6 Å². The first kappa shape index (κ1) is 18.4. The zero-order valence-corrected chi connectivity index (χ0v) is 15.4. The third kappa shape index (κ3) is 3.05. The molecule has 0 amide bonds. The molecule has 0 aromatic carbocycles. The number of nitrogens with one attached hydrogen (secondary N) is 2. The van der Waals surface area contributed by atoms with Crippen molar-refractivity contribution < 1.29 is 18.3 Å².